The zero-order valence-corrected chi connectivity index (χ0v) is 17.1. The Morgan fingerprint density at radius 2 is 1.97 bits per heavy atom. The van der Waals surface area contributed by atoms with Crippen molar-refractivity contribution in [2.24, 2.45) is 0 Å². The van der Waals surface area contributed by atoms with Crippen molar-refractivity contribution < 1.29 is 4.39 Å². The summed E-state index contributed by atoms with van der Waals surface area (Å²) in [6, 6.07) is 16.4. The number of anilines is 3. The van der Waals surface area contributed by atoms with Gasteiger partial charge in [0.15, 0.2) is 5.82 Å². The number of para-hydroxylation sites is 1. The fourth-order valence-electron chi connectivity index (χ4n) is 3.47. The highest BCUT2D eigenvalue weighted by Gasteiger charge is 2.13. The van der Waals surface area contributed by atoms with Gasteiger partial charge in [-0.1, -0.05) is 23.7 Å². The second-order valence-corrected chi connectivity index (χ2v) is 7.44. The van der Waals surface area contributed by atoms with Gasteiger partial charge in [-0.3, -0.25) is 9.38 Å². The highest BCUT2D eigenvalue weighted by atomic mass is 35.5. The quantitative estimate of drug-likeness (QED) is 0.372. The van der Waals surface area contributed by atoms with Gasteiger partial charge >= 0.3 is 0 Å². The van der Waals surface area contributed by atoms with E-state index in [1.807, 2.05) is 40.8 Å². The molecular weight excluding hydrogens is 415 g/mol. The van der Waals surface area contributed by atoms with E-state index in [4.69, 9.17) is 11.6 Å². The molecule has 6 nitrogen and oxygen atoms in total. The lowest BCUT2D eigenvalue weighted by Gasteiger charge is -2.13. The lowest BCUT2D eigenvalue weighted by Crippen LogP contribution is -2.06. The van der Waals surface area contributed by atoms with Gasteiger partial charge in [0.05, 0.1) is 34.3 Å². The van der Waals surface area contributed by atoms with E-state index in [1.165, 1.54) is 6.07 Å². The molecule has 0 fully saturated rings. The van der Waals surface area contributed by atoms with E-state index in [-0.39, 0.29) is 10.7 Å². The molecular formula is C23H18ClFN6. The molecule has 2 N–H and O–H groups in total. The molecule has 8 heteroatoms. The molecule has 2 aromatic carbocycles. The average molecular weight is 433 g/mol. The van der Waals surface area contributed by atoms with E-state index in [0.717, 1.165) is 40.9 Å². The van der Waals surface area contributed by atoms with Crippen molar-refractivity contribution in [1.82, 2.24) is 19.4 Å². The zero-order chi connectivity index (χ0) is 21.2. The maximum atomic E-state index is 14.3. The number of fused-ring (bicyclic) bond motifs is 3. The Labute approximate surface area is 182 Å². The van der Waals surface area contributed by atoms with Gasteiger partial charge in [0, 0.05) is 30.5 Å². The molecule has 3 aromatic heterocycles. The third-order valence-corrected chi connectivity index (χ3v) is 5.31. The van der Waals surface area contributed by atoms with Crippen molar-refractivity contribution in [3.8, 4) is 0 Å². The maximum absolute atomic E-state index is 14.3. The second-order valence-electron chi connectivity index (χ2n) is 7.03. The molecule has 0 aliphatic rings. The molecule has 0 spiro atoms. The molecule has 0 radical (unpaired) electrons. The summed E-state index contributed by atoms with van der Waals surface area (Å²) in [6.07, 6.45) is 6.02. The van der Waals surface area contributed by atoms with Crippen LogP contribution < -0.4 is 10.6 Å². The molecule has 0 saturated carbocycles. The summed E-state index contributed by atoms with van der Waals surface area (Å²) in [4.78, 5) is 13.3. The molecule has 5 aromatic rings. The molecule has 154 valence electrons. The lowest BCUT2D eigenvalue weighted by molar-refractivity contribution is 0.632. The normalized spacial score (nSPS) is 11.2. The van der Waals surface area contributed by atoms with Crippen molar-refractivity contribution in [3.05, 3.63) is 89.9 Å². The number of hydrogen-bond donors (Lipinski definition) is 2. The smallest absolute Gasteiger partial charge is 0.157 e. The van der Waals surface area contributed by atoms with Crippen LogP contribution in [0.15, 0.2) is 73.3 Å². The maximum Gasteiger partial charge on any atom is 0.157 e. The summed E-state index contributed by atoms with van der Waals surface area (Å²) >= 11 is 6.17. The molecule has 3 heterocycles. The molecule has 0 saturated heterocycles. The molecule has 5 rings (SSSR count). The van der Waals surface area contributed by atoms with Crippen LogP contribution in [0.5, 0.6) is 0 Å². The standard InChI is InChI=1S/C23H18ClFN6/c24-17-5-3-6-18(25)22(17)30-23-21-13-26-14-31(21)20-12-16(7-8-19(20)29-23)28-11-9-15-4-1-2-10-27-15/h1-8,10,12-14,28H,9,11H2,(H,29,30). The predicted octanol–water partition coefficient (Wildman–Crippen LogP) is 5.47. The molecule has 31 heavy (non-hydrogen) atoms. The first kappa shape index (κ1) is 19.3. The van der Waals surface area contributed by atoms with Crippen molar-refractivity contribution >= 4 is 45.3 Å². The predicted molar refractivity (Wildman–Crippen MR) is 122 cm³/mol. The van der Waals surface area contributed by atoms with E-state index in [0.29, 0.717) is 5.82 Å². The topological polar surface area (TPSA) is 67.1 Å². The zero-order valence-electron chi connectivity index (χ0n) is 16.4. The van der Waals surface area contributed by atoms with Crippen molar-refractivity contribution in [3.63, 3.8) is 0 Å². The Bertz CT molecular complexity index is 1350. The van der Waals surface area contributed by atoms with Crippen LogP contribution in [-0.2, 0) is 6.42 Å². The first-order valence-corrected chi connectivity index (χ1v) is 10.2. The van der Waals surface area contributed by atoms with Crippen LogP contribution in [0.1, 0.15) is 5.69 Å². The summed E-state index contributed by atoms with van der Waals surface area (Å²) in [7, 11) is 0. The van der Waals surface area contributed by atoms with Crippen LogP contribution in [-0.4, -0.2) is 25.9 Å². The summed E-state index contributed by atoms with van der Waals surface area (Å²) in [6.45, 7) is 0.758. The minimum Gasteiger partial charge on any atom is -0.385 e. The Morgan fingerprint density at radius 1 is 1.03 bits per heavy atom. The highest BCUT2D eigenvalue weighted by Crippen LogP contribution is 2.31. The monoisotopic (exact) mass is 432 g/mol. The van der Waals surface area contributed by atoms with E-state index >= 15 is 0 Å². The molecule has 0 bridgehead atoms. The van der Waals surface area contributed by atoms with Gasteiger partial charge in [-0.25, -0.2) is 14.4 Å². The summed E-state index contributed by atoms with van der Waals surface area (Å²) < 4.78 is 16.2. The Balaban J connectivity index is 1.45. The molecule has 0 amide bonds. The lowest BCUT2D eigenvalue weighted by atomic mass is 10.2. The van der Waals surface area contributed by atoms with Gasteiger partial charge in [0.25, 0.3) is 0 Å². The van der Waals surface area contributed by atoms with Crippen molar-refractivity contribution in [2.75, 3.05) is 17.2 Å². The molecule has 0 atom stereocenters. The van der Waals surface area contributed by atoms with E-state index < -0.39 is 5.82 Å². The summed E-state index contributed by atoms with van der Waals surface area (Å²) in [5, 5.41) is 6.74. The number of hydrogen-bond acceptors (Lipinski definition) is 5. The summed E-state index contributed by atoms with van der Waals surface area (Å²) in [5.74, 6) is 0.0346. The number of rotatable bonds is 6. The van der Waals surface area contributed by atoms with E-state index in [1.54, 1.807) is 30.9 Å². The Kier molecular flexibility index (Phi) is 5.09. The van der Waals surface area contributed by atoms with Gasteiger partial charge < -0.3 is 10.6 Å². The van der Waals surface area contributed by atoms with Crippen molar-refractivity contribution in [1.29, 1.82) is 0 Å². The molecule has 0 aliphatic heterocycles. The fourth-order valence-corrected chi connectivity index (χ4v) is 3.68. The summed E-state index contributed by atoms with van der Waals surface area (Å²) in [5.41, 5.74) is 4.55. The van der Waals surface area contributed by atoms with Gasteiger partial charge in [-0.2, -0.15) is 0 Å². The van der Waals surface area contributed by atoms with E-state index in [9.17, 15) is 4.39 Å². The number of halogens is 2. The van der Waals surface area contributed by atoms with Crippen LogP contribution >= 0.6 is 11.6 Å². The van der Waals surface area contributed by atoms with Gasteiger partial charge in [-0.15, -0.1) is 0 Å². The van der Waals surface area contributed by atoms with Crippen LogP contribution in [0.4, 0.5) is 21.6 Å². The Hall–Kier alpha value is -3.71. The van der Waals surface area contributed by atoms with Crippen LogP contribution in [0, 0.1) is 5.82 Å². The van der Waals surface area contributed by atoms with Gasteiger partial charge in [0.2, 0.25) is 0 Å². The largest absolute Gasteiger partial charge is 0.385 e. The number of nitrogens with one attached hydrogen (secondary N) is 2. The molecule has 0 aliphatic carbocycles. The van der Waals surface area contributed by atoms with Crippen LogP contribution in [0.3, 0.4) is 0 Å². The minimum atomic E-state index is -0.445. The SMILES string of the molecule is Fc1cccc(Cl)c1Nc1nc2ccc(NCCc3ccccn3)cc2n2cncc12. The number of nitrogens with zero attached hydrogens (tertiary/aromatic N) is 4. The Morgan fingerprint density at radius 3 is 2.81 bits per heavy atom. The third-order valence-electron chi connectivity index (χ3n) is 4.99. The third kappa shape index (κ3) is 3.87. The second kappa shape index (κ2) is 8.20. The fraction of sp³-hybridized carbons (Fsp3) is 0.0870. The van der Waals surface area contributed by atoms with Crippen LogP contribution in [0.2, 0.25) is 5.02 Å². The average Bonchev–Trinajstić information content (AvgIpc) is 3.28. The van der Waals surface area contributed by atoms with E-state index in [2.05, 4.69) is 25.6 Å². The first-order chi connectivity index (χ1) is 15.2. The molecule has 0 unspecified atom stereocenters. The van der Waals surface area contributed by atoms with Crippen molar-refractivity contribution in [2.45, 2.75) is 6.42 Å². The van der Waals surface area contributed by atoms with Gasteiger partial charge in [0.1, 0.15) is 11.3 Å². The number of aromatic nitrogens is 4. The minimum absolute atomic E-state index is 0.187. The highest BCUT2D eigenvalue weighted by molar-refractivity contribution is 6.33. The number of benzene rings is 2. The number of pyridine rings is 1. The van der Waals surface area contributed by atoms with Gasteiger partial charge in [-0.05, 0) is 42.5 Å². The number of imidazole rings is 1. The first-order valence-electron chi connectivity index (χ1n) is 9.80. The van der Waals surface area contributed by atoms with Crippen LogP contribution in [0.25, 0.3) is 16.6 Å².